The molecule has 0 heterocycles. The van der Waals surface area contributed by atoms with Gasteiger partial charge in [0.2, 0.25) is 0 Å². The Balaban J connectivity index is 1.34. The van der Waals surface area contributed by atoms with Gasteiger partial charge in [-0.2, -0.15) is 8.42 Å². The summed E-state index contributed by atoms with van der Waals surface area (Å²) in [6.45, 7) is 16.7. The van der Waals surface area contributed by atoms with E-state index in [1.807, 2.05) is 0 Å². The zero-order valence-corrected chi connectivity index (χ0v) is 29.8. The second-order valence-corrected chi connectivity index (χ2v) is 18.3. The second kappa shape index (κ2) is 11.4. The van der Waals surface area contributed by atoms with Crippen LogP contribution < -0.4 is 0 Å². The van der Waals surface area contributed by atoms with E-state index in [1.54, 1.807) is 12.2 Å². The van der Waals surface area contributed by atoms with Crippen LogP contribution >= 0.6 is 0 Å². The van der Waals surface area contributed by atoms with E-state index in [1.165, 1.54) is 12.0 Å². The van der Waals surface area contributed by atoms with Crippen LogP contribution in [0.1, 0.15) is 113 Å². The number of aliphatic hydroxyl groups excluding tert-OH is 1. The van der Waals surface area contributed by atoms with Crippen LogP contribution in [0.25, 0.3) is 0 Å². The summed E-state index contributed by atoms with van der Waals surface area (Å²) < 4.78 is 54.0. The van der Waals surface area contributed by atoms with E-state index in [0.717, 1.165) is 63.4 Å². The Labute approximate surface area is 275 Å². The highest BCUT2D eigenvalue weighted by atomic mass is 32.2. The molecule has 3 unspecified atom stereocenters. The number of rotatable bonds is 7. The van der Waals surface area contributed by atoms with Gasteiger partial charge in [-0.15, -0.1) is 0 Å². The van der Waals surface area contributed by atoms with Crippen LogP contribution in [0.2, 0.25) is 0 Å². The van der Waals surface area contributed by atoms with E-state index >= 15 is 0 Å². The molecule has 0 radical (unpaired) electrons. The maximum Gasteiger partial charge on any atom is 0.357 e. The fourth-order valence-electron chi connectivity index (χ4n) is 12.6. The third kappa shape index (κ3) is 5.30. The first-order valence-electron chi connectivity index (χ1n) is 17.0. The van der Waals surface area contributed by atoms with Crippen LogP contribution in [0, 0.1) is 56.7 Å². The first-order valence-corrected chi connectivity index (χ1v) is 19.1. The van der Waals surface area contributed by atoms with Gasteiger partial charge in [0, 0.05) is 5.57 Å². The molecular weight excluding hydrogens is 609 g/mol. The van der Waals surface area contributed by atoms with E-state index in [2.05, 4.69) is 60.6 Å². The van der Waals surface area contributed by atoms with E-state index in [9.17, 15) is 22.6 Å². The van der Waals surface area contributed by atoms with Gasteiger partial charge in [0.05, 0.1) is 12.0 Å². The molecule has 0 amide bonds. The Morgan fingerprint density at radius 3 is 2.20 bits per heavy atom. The van der Waals surface area contributed by atoms with Crippen molar-refractivity contribution in [3.63, 3.8) is 0 Å². The van der Waals surface area contributed by atoms with Crippen molar-refractivity contribution in [2.24, 2.45) is 56.7 Å². The minimum Gasteiger partial charge on any atom is -0.393 e. The third-order valence-electron chi connectivity index (χ3n) is 14.5. The van der Waals surface area contributed by atoms with E-state index in [0.29, 0.717) is 29.3 Å². The fraction of sp³-hybridized carbons (Fsp3) is 0.778. The zero-order chi connectivity index (χ0) is 32.7. The van der Waals surface area contributed by atoms with Crippen molar-refractivity contribution < 1.29 is 31.0 Å². The Morgan fingerprint density at radius 1 is 0.867 bits per heavy atom. The average molecular weight is 663 g/mol. The van der Waals surface area contributed by atoms with Crippen molar-refractivity contribution in [1.29, 1.82) is 0 Å². The van der Waals surface area contributed by atoms with E-state index < -0.39 is 22.7 Å². The molecule has 0 saturated heterocycles. The van der Waals surface area contributed by atoms with Crippen LogP contribution in [0.4, 0.5) is 0 Å². The summed E-state index contributed by atoms with van der Waals surface area (Å²) in [6.07, 6.45) is 17.9. The summed E-state index contributed by atoms with van der Waals surface area (Å²) in [5.74, 6) is 1.82. The number of allylic oxidation sites excluding steroid dienone is 7. The molecule has 45 heavy (non-hydrogen) atoms. The second-order valence-electron chi connectivity index (χ2n) is 17.1. The van der Waals surface area contributed by atoms with Crippen molar-refractivity contribution in [3.05, 3.63) is 47.0 Å². The molecular formula is C36H54O7S2. The largest absolute Gasteiger partial charge is 0.393 e. The van der Waals surface area contributed by atoms with Crippen LogP contribution in [-0.4, -0.2) is 28.7 Å². The smallest absolute Gasteiger partial charge is 0.357 e. The van der Waals surface area contributed by atoms with Gasteiger partial charge in [-0.25, -0.2) is 0 Å². The quantitative estimate of drug-likeness (QED) is 0.185. The van der Waals surface area contributed by atoms with Crippen molar-refractivity contribution in [3.8, 4) is 0 Å². The molecule has 0 aromatic rings. The van der Waals surface area contributed by atoms with Crippen molar-refractivity contribution >= 4 is 22.7 Å². The molecule has 0 bridgehead atoms. The summed E-state index contributed by atoms with van der Waals surface area (Å²) in [4.78, 5) is 0. The lowest BCUT2D eigenvalue weighted by atomic mass is 9.36. The predicted molar refractivity (Wildman–Crippen MR) is 178 cm³/mol. The molecule has 0 aliphatic heterocycles. The standard InChI is InChI=1S/C36H54O7S2/c1-22-9-8-16-32(2,3)24(22)12-18-35(6)27-14-19-36(7)28(34(27,5)20-15-29(35)37)13-17-33(4)21-23-25(42-44(38)39)10-11-26(43-45(40)41)30(23)31(33)36/h9-11,21,24,27-31,37H,8,12-20H2,1-7H3,(H,38,39)(H,40,41)/t24-,27-,28-,29+,30?,31-,33-,34+,35+,36-/m1/s1. The van der Waals surface area contributed by atoms with Gasteiger partial charge < -0.3 is 13.5 Å². The average Bonchev–Trinajstić information content (AvgIpc) is 3.26. The third-order valence-corrected chi connectivity index (χ3v) is 15.1. The Hall–Kier alpha value is -1.26. The predicted octanol–water partition coefficient (Wildman–Crippen LogP) is 8.41. The van der Waals surface area contributed by atoms with Gasteiger partial charge in [-0.05, 0) is 134 Å². The topological polar surface area (TPSA) is 113 Å². The number of hydrogen-bond acceptors (Lipinski definition) is 5. The monoisotopic (exact) mass is 662 g/mol. The Kier molecular flexibility index (Phi) is 8.54. The molecule has 3 saturated carbocycles. The van der Waals surface area contributed by atoms with Gasteiger partial charge in [-0.3, -0.25) is 9.11 Å². The van der Waals surface area contributed by atoms with E-state index in [4.69, 9.17) is 8.37 Å². The summed E-state index contributed by atoms with van der Waals surface area (Å²) in [5.41, 5.74) is 2.10. The SMILES string of the molecule is CC1=CCCC(C)(C)[C@@H]1CC[C@@]1(C)[C@@H]2CC[C@]3(C)[C@H](CC[C@]4(C)C=C5C(OS(=O)O)=CC=C(OS(=O)O)C5[C@@H]34)[C@@]2(C)CC[C@@H]1O. The highest BCUT2D eigenvalue weighted by Crippen LogP contribution is 2.75. The molecule has 0 aromatic carbocycles. The molecule has 252 valence electrons. The van der Waals surface area contributed by atoms with Gasteiger partial charge in [0.15, 0.2) is 0 Å². The molecule has 3 fully saturated rings. The molecule has 0 aromatic heterocycles. The molecule has 6 aliphatic carbocycles. The molecule has 9 heteroatoms. The van der Waals surface area contributed by atoms with Crippen molar-refractivity contribution in [2.75, 3.05) is 0 Å². The summed E-state index contributed by atoms with van der Waals surface area (Å²) in [6, 6.07) is 0. The molecule has 12 atom stereocenters. The highest BCUT2D eigenvalue weighted by molar-refractivity contribution is 7.74. The molecule has 6 aliphatic rings. The first-order chi connectivity index (χ1) is 21.0. The van der Waals surface area contributed by atoms with Crippen LogP contribution in [0.15, 0.2) is 47.0 Å². The Morgan fingerprint density at radius 2 is 1.53 bits per heavy atom. The summed E-state index contributed by atoms with van der Waals surface area (Å²) in [5, 5.41) is 11.8. The fourth-order valence-corrected chi connectivity index (χ4v) is 13.2. The molecule has 3 N–H and O–H groups in total. The maximum absolute atomic E-state index is 12.0. The van der Waals surface area contributed by atoms with Gasteiger partial charge >= 0.3 is 22.7 Å². The maximum atomic E-state index is 12.0. The van der Waals surface area contributed by atoms with Gasteiger partial charge in [-0.1, -0.05) is 59.3 Å². The number of fused-ring (bicyclic) bond motifs is 7. The van der Waals surface area contributed by atoms with Gasteiger partial charge in [0.1, 0.15) is 11.5 Å². The molecule has 6 rings (SSSR count). The summed E-state index contributed by atoms with van der Waals surface area (Å²) in [7, 11) is 0. The van der Waals surface area contributed by atoms with Crippen LogP contribution in [0.5, 0.6) is 0 Å². The normalized spacial score (nSPS) is 46.5. The van der Waals surface area contributed by atoms with Crippen molar-refractivity contribution in [1.82, 2.24) is 0 Å². The summed E-state index contributed by atoms with van der Waals surface area (Å²) >= 11 is -4.98. The van der Waals surface area contributed by atoms with E-state index in [-0.39, 0.29) is 45.0 Å². The lowest BCUT2D eigenvalue weighted by Gasteiger charge is -2.69. The first kappa shape index (κ1) is 33.6. The highest BCUT2D eigenvalue weighted by Gasteiger charge is 2.69. The van der Waals surface area contributed by atoms with Gasteiger partial charge in [0.25, 0.3) is 0 Å². The lowest BCUT2D eigenvalue weighted by molar-refractivity contribution is -0.216. The lowest BCUT2D eigenvalue weighted by Crippen LogP contribution is -2.63. The molecule has 7 nitrogen and oxygen atoms in total. The number of hydrogen-bond donors (Lipinski definition) is 3. The number of aliphatic hydroxyl groups is 1. The van der Waals surface area contributed by atoms with Crippen molar-refractivity contribution in [2.45, 2.75) is 119 Å². The molecule has 0 spiro atoms. The minimum atomic E-state index is -2.49. The zero-order valence-electron chi connectivity index (χ0n) is 28.1. The Bertz CT molecular complexity index is 1400. The minimum absolute atomic E-state index is 0.0407. The van der Waals surface area contributed by atoms with Crippen LogP contribution in [-0.2, 0) is 31.1 Å². The van der Waals surface area contributed by atoms with Crippen LogP contribution in [0.3, 0.4) is 0 Å².